The number of thiazole rings is 1. The first kappa shape index (κ1) is 24.2. The smallest absolute Gasteiger partial charge is 0.269 e. The molecule has 35 heavy (non-hydrogen) atoms. The van der Waals surface area contributed by atoms with E-state index in [-0.39, 0.29) is 17.5 Å². The number of non-ortho nitro benzene ring substituents is 1. The summed E-state index contributed by atoms with van der Waals surface area (Å²) in [7, 11) is 0. The number of nitrogens with one attached hydrogen (secondary N) is 1. The van der Waals surface area contributed by atoms with Crippen LogP contribution in [0.15, 0.2) is 64.5 Å². The summed E-state index contributed by atoms with van der Waals surface area (Å²) in [5.41, 5.74) is 2.79. The molecular weight excluding hydrogens is 466 g/mol. The molecule has 1 N–H and O–H groups in total. The Balaban J connectivity index is 1.61. The number of aromatic nitrogens is 3. The summed E-state index contributed by atoms with van der Waals surface area (Å²) < 4.78 is 5.38. The molecule has 2 aromatic carbocycles. The van der Waals surface area contributed by atoms with Crippen LogP contribution in [0.5, 0.6) is 0 Å². The molecule has 2 aromatic heterocycles. The van der Waals surface area contributed by atoms with Gasteiger partial charge in [0.1, 0.15) is 10.9 Å². The lowest BCUT2D eigenvalue weighted by molar-refractivity contribution is -0.384. The molecule has 4 aromatic rings. The van der Waals surface area contributed by atoms with E-state index in [0.717, 1.165) is 28.2 Å². The van der Waals surface area contributed by atoms with Gasteiger partial charge >= 0.3 is 0 Å². The average Bonchev–Trinajstić information content (AvgIpc) is 3.52. The molecule has 9 nitrogen and oxygen atoms in total. The molecule has 0 aliphatic rings. The lowest BCUT2D eigenvalue weighted by atomic mass is 9.97. The predicted octanol–water partition coefficient (Wildman–Crippen LogP) is 4.73. The lowest BCUT2D eigenvalue weighted by Gasteiger charge is -2.20. The summed E-state index contributed by atoms with van der Waals surface area (Å²) in [6, 6.07) is 15.6. The molecule has 4 rings (SSSR count). The van der Waals surface area contributed by atoms with E-state index in [1.807, 2.05) is 42.6 Å². The van der Waals surface area contributed by atoms with Gasteiger partial charge in [0, 0.05) is 17.5 Å². The Morgan fingerprint density at radius 3 is 2.40 bits per heavy atom. The van der Waals surface area contributed by atoms with Crippen molar-refractivity contribution in [2.45, 2.75) is 45.1 Å². The largest absolute Gasteiger partial charge is 0.346 e. The number of hydrogen-bond donors (Lipinski definition) is 1. The Kier molecular flexibility index (Phi) is 7.61. The fourth-order valence-electron chi connectivity index (χ4n) is 3.70. The Morgan fingerprint density at radius 1 is 1.09 bits per heavy atom. The second-order valence-corrected chi connectivity index (χ2v) is 9.03. The van der Waals surface area contributed by atoms with E-state index >= 15 is 0 Å². The number of nitro benzene ring substituents is 1. The van der Waals surface area contributed by atoms with Crippen LogP contribution in [0, 0.1) is 17.0 Å². The van der Waals surface area contributed by atoms with Crippen LogP contribution in [0.1, 0.15) is 52.4 Å². The molecule has 0 aliphatic carbocycles. The van der Waals surface area contributed by atoms with E-state index < -0.39 is 16.9 Å². The van der Waals surface area contributed by atoms with Crippen molar-refractivity contribution in [2.24, 2.45) is 0 Å². The van der Waals surface area contributed by atoms with Crippen LogP contribution in [0.2, 0.25) is 0 Å². The number of rotatable bonds is 10. The summed E-state index contributed by atoms with van der Waals surface area (Å²) in [4.78, 5) is 33.2. The molecule has 2 unspecified atom stereocenters. The minimum atomic E-state index is -0.677. The van der Waals surface area contributed by atoms with Crippen LogP contribution in [0.25, 0.3) is 0 Å². The maximum absolute atomic E-state index is 13.6. The van der Waals surface area contributed by atoms with Crippen molar-refractivity contribution in [3.05, 3.63) is 104 Å². The predicted molar refractivity (Wildman–Crippen MR) is 131 cm³/mol. The summed E-state index contributed by atoms with van der Waals surface area (Å²) in [6.07, 6.45) is 1.62. The third-order valence-corrected chi connectivity index (χ3v) is 6.58. The number of aryl methyl sites for hydroxylation is 2. The minimum absolute atomic E-state index is 0.0199. The van der Waals surface area contributed by atoms with Gasteiger partial charge in [0.2, 0.25) is 11.8 Å². The third-order valence-electron chi connectivity index (χ3n) is 5.57. The molecule has 180 valence electrons. The van der Waals surface area contributed by atoms with Gasteiger partial charge in [-0.15, -0.1) is 11.3 Å². The van der Waals surface area contributed by atoms with Crippen LogP contribution >= 0.6 is 11.3 Å². The molecule has 0 bridgehead atoms. The fourth-order valence-corrected chi connectivity index (χ4v) is 4.66. The SMILES string of the molecule is CCc1csc(C(Cc2ccc([N+](=O)[O-])cc2)NC(=O)C(Cc2ccccc2)c2nc(C)no2)n1. The summed E-state index contributed by atoms with van der Waals surface area (Å²) in [6.45, 7) is 3.74. The van der Waals surface area contributed by atoms with Crippen molar-refractivity contribution >= 4 is 22.9 Å². The molecule has 0 saturated carbocycles. The van der Waals surface area contributed by atoms with E-state index in [0.29, 0.717) is 18.7 Å². The van der Waals surface area contributed by atoms with E-state index in [9.17, 15) is 14.9 Å². The fraction of sp³-hybridized carbons (Fsp3) is 0.280. The highest BCUT2D eigenvalue weighted by molar-refractivity contribution is 7.09. The highest BCUT2D eigenvalue weighted by atomic mass is 32.1. The van der Waals surface area contributed by atoms with Crippen molar-refractivity contribution in [3.8, 4) is 0 Å². The first-order valence-electron chi connectivity index (χ1n) is 11.2. The number of carbonyl (C=O) groups excluding carboxylic acids is 1. The number of nitrogens with zero attached hydrogens (tertiary/aromatic N) is 4. The highest BCUT2D eigenvalue weighted by Gasteiger charge is 2.30. The van der Waals surface area contributed by atoms with Gasteiger partial charge in [0.25, 0.3) is 5.69 Å². The van der Waals surface area contributed by atoms with E-state index in [2.05, 4.69) is 20.4 Å². The molecule has 0 fully saturated rings. The molecule has 10 heteroatoms. The number of benzene rings is 2. The van der Waals surface area contributed by atoms with E-state index in [1.165, 1.54) is 23.5 Å². The van der Waals surface area contributed by atoms with E-state index in [4.69, 9.17) is 4.52 Å². The number of hydrogen-bond acceptors (Lipinski definition) is 8. The van der Waals surface area contributed by atoms with Crippen molar-refractivity contribution < 1.29 is 14.2 Å². The van der Waals surface area contributed by atoms with Gasteiger partial charge < -0.3 is 9.84 Å². The topological polar surface area (TPSA) is 124 Å². The number of amides is 1. The summed E-state index contributed by atoms with van der Waals surface area (Å²) >= 11 is 1.48. The van der Waals surface area contributed by atoms with Gasteiger partial charge in [-0.1, -0.05) is 54.5 Å². The zero-order valence-corrected chi connectivity index (χ0v) is 20.2. The second kappa shape index (κ2) is 11.0. The van der Waals surface area contributed by atoms with Gasteiger partial charge in [-0.25, -0.2) is 4.98 Å². The van der Waals surface area contributed by atoms with Crippen LogP contribution in [0.3, 0.4) is 0 Å². The quantitative estimate of drug-likeness (QED) is 0.251. The monoisotopic (exact) mass is 491 g/mol. The second-order valence-electron chi connectivity index (χ2n) is 8.14. The normalized spacial score (nSPS) is 12.7. The van der Waals surface area contributed by atoms with E-state index in [1.54, 1.807) is 19.1 Å². The Labute approximate surface area is 206 Å². The van der Waals surface area contributed by atoms with Crippen LogP contribution < -0.4 is 5.32 Å². The van der Waals surface area contributed by atoms with Crippen LogP contribution in [-0.2, 0) is 24.1 Å². The van der Waals surface area contributed by atoms with Crippen molar-refractivity contribution in [2.75, 3.05) is 0 Å². The maximum atomic E-state index is 13.6. The molecule has 0 radical (unpaired) electrons. The van der Waals surface area contributed by atoms with Crippen molar-refractivity contribution in [1.29, 1.82) is 0 Å². The Bertz CT molecular complexity index is 1290. The summed E-state index contributed by atoms with van der Waals surface area (Å²) in [5.74, 6) is -0.214. The average molecular weight is 492 g/mol. The minimum Gasteiger partial charge on any atom is -0.346 e. The summed E-state index contributed by atoms with van der Waals surface area (Å²) in [5, 5.41) is 20.8. The molecule has 0 saturated heterocycles. The first-order chi connectivity index (χ1) is 16.9. The lowest BCUT2D eigenvalue weighted by Crippen LogP contribution is -2.35. The molecule has 1 amide bonds. The van der Waals surface area contributed by atoms with Gasteiger partial charge in [-0.2, -0.15) is 4.98 Å². The number of carbonyl (C=O) groups is 1. The van der Waals surface area contributed by atoms with Gasteiger partial charge in [-0.05, 0) is 37.3 Å². The van der Waals surface area contributed by atoms with Crippen LogP contribution in [0.4, 0.5) is 5.69 Å². The zero-order chi connectivity index (χ0) is 24.8. The Hall–Kier alpha value is -3.92. The maximum Gasteiger partial charge on any atom is 0.269 e. The molecule has 2 atom stereocenters. The van der Waals surface area contributed by atoms with Gasteiger partial charge in [0.15, 0.2) is 5.82 Å². The van der Waals surface area contributed by atoms with Crippen molar-refractivity contribution in [3.63, 3.8) is 0 Å². The molecular formula is C25H25N5O4S. The standard InChI is InChI=1S/C25H25N5O4S/c1-3-19-15-35-25(27-19)22(14-18-9-11-20(12-10-18)30(32)33)28-23(31)21(24-26-16(2)29-34-24)13-17-7-5-4-6-8-17/h4-12,15,21-22H,3,13-14H2,1-2H3,(H,28,31). The molecule has 2 heterocycles. The van der Waals surface area contributed by atoms with Gasteiger partial charge in [0.05, 0.1) is 16.7 Å². The highest BCUT2D eigenvalue weighted by Crippen LogP contribution is 2.27. The Morgan fingerprint density at radius 2 is 1.80 bits per heavy atom. The molecule has 0 aliphatic heterocycles. The van der Waals surface area contributed by atoms with Crippen LogP contribution in [-0.4, -0.2) is 26.0 Å². The first-order valence-corrected chi connectivity index (χ1v) is 12.1. The molecule has 0 spiro atoms. The number of nitro groups is 1. The zero-order valence-electron chi connectivity index (χ0n) is 19.4. The van der Waals surface area contributed by atoms with Gasteiger partial charge in [-0.3, -0.25) is 14.9 Å². The third kappa shape index (κ3) is 6.15. The van der Waals surface area contributed by atoms with Crippen molar-refractivity contribution in [1.82, 2.24) is 20.4 Å².